The lowest BCUT2D eigenvalue weighted by Gasteiger charge is -2.36. The van der Waals surface area contributed by atoms with Crippen LogP contribution in [0.15, 0.2) is 48.3 Å². The first kappa shape index (κ1) is 19.8. The third kappa shape index (κ3) is 2.88. The summed E-state index contributed by atoms with van der Waals surface area (Å²) in [6.45, 7) is 1.31. The summed E-state index contributed by atoms with van der Waals surface area (Å²) in [6, 6.07) is 12.9. The number of aromatic nitrogens is 2. The van der Waals surface area contributed by atoms with Gasteiger partial charge in [-0.05, 0) is 19.1 Å². The lowest BCUT2D eigenvalue weighted by molar-refractivity contribution is -0.118. The molecule has 2 aromatic carbocycles. The Morgan fingerprint density at radius 1 is 1.17 bits per heavy atom. The molecule has 0 saturated heterocycles. The van der Waals surface area contributed by atoms with Crippen molar-refractivity contribution in [2.24, 2.45) is 0 Å². The molecule has 0 aliphatic carbocycles. The highest BCUT2D eigenvalue weighted by Crippen LogP contribution is 2.43. The molecule has 3 aromatic rings. The van der Waals surface area contributed by atoms with E-state index in [1.807, 2.05) is 24.3 Å². The van der Waals surface area contributed by atoms with Crippen molar-refractivity contribution in [3.05, 3.63) is 54.1 Å². The van der Waals surface area contributed by atoms with Gasteiger partial charge in [0.1, 0.15) is 34.3 Å². The zero-order valence-corrected chi connectivity index (χ0v) is 17.3. The van der Waals surface area contributed by atoms with Gasteiger partial charge in [0.05, 0.1) is 37.5 Å². The van der Waals surface area contributed by atoms with Crippen LogP contribution in [0, 0.1) is 0 Å². The molecule has 4 rings (SSSR count). The van der Waals surface area contributed by atoms with E-state index in [2.05, 4.69) is 15.3 Å². The number of ether oxygens (including phenoxy) is 2. The fourth-order valence-corrected chi connectivity index (χ4v) is 3.84. The van der Waals surface area contributed by atoms with Crippen LogP contribution in [0.1, 0.15) is 12.7 Å². The molecule has 1 atom stereocenters. The van der Waals surface area contributed by atoms with Gasteiger partial charge >= 0.3 is 0 Å². The van der Waals surface area contributed by atoms with Crippen molar-refractivity contribution >= 4 is 28.1 Å². The number of aromatic amines is 1. The molecule has 8 heteroatoms. The molecule has 0 spiro atoms. The smallest absolute Gasteiger partial charge is 0.198 e. The van der Waals surface area contributed by atoms with E-state index >= 15 is 0 Å². The van der Waals surface area contributed by atoms with Crippen LogP contribution in [0.25, 0.3) is 16.6 Å². The fraction of sp³-hybridized carbons (Fsp3) is 0.273. The van der Waals surface area contributed by atoms with E-state index in [1.165, 1.54) is 0 Å². The molecule has 0 unspecified atom stereocenters. The van der Waals surface area contributed by atoms with Gasteiger partial charge in [-0.1, -0.05) is 12.1 Å². The van der Waals surface area contributed by atoms with Crippen molar-refractivity contribution in [2.75, 3.05) is 32.8 Å². The maximum absolute atomic E-state index is 13.6. The number of nitrogens with one attached hydrogen (secondary N) is 2. The standard InChI is InChI=1S/C22H24N4O4/c1-22(12-27)19(28)18(20-24-16-7-5-6-8-17(16)25-20)21(23-2)26(22)13-9-14(29-3)11-15(10-13)30-4/h5-11,23,27H,12H2,1-4H3,(H,24,25)/t22-/m1/s1. The molecule has 0 fully saturated rings. The second kappa shape index (κ2) is 7.38. The first-order chi connectivity index (χ1) is 14.5. The van der Waals surface area contributed by atoms with Gasteiger partial charge in [-0.25, -0.2) is 4.98 Å². The van der Waals surface area contributed by atoms with Crippen molar-refractivity contribution in [1.82, 2.24) is 15.3 Å². The third-order valence-electron chi connectivity index (χ3n) is 5.44. The van der Waals surface area contributed by atoms with Crippen LogP contribution in [0.2, 0.25) is 0 Å². The molecule has 1 aliphatic heterocycles. The number of fused-ring (bicyclic) bond motifs is 1. The molecule has 0 amide bonds. The van der Waals surface area contributed by atoms with Gasteiger partial charge in [-0.3, -0.25) is 4.79 Å². The number of para-hydroxylation sites is 2. The molecule has 2 heterocycles. The Hall–Kier alpha value is -3.52. The van der Waals surface area contributed by atoms with E-state index in [9.17, 15) is 9.90 Å². The normalized spacial score (nSPS) is 19.0. The van der Waals surface area contributed by atoms with Crippen molar-refractivity contribution in [2.45, 2.75) is 12.5 Å². The Kier molecular flexibility index (Phi) is 4.87. The summed E-state index contributed by atoms with van der Waals surface area (Å²) >= 11 is 0. The molecule has 0 bridgehead atoms. The molecule has 156 valence electrons. The Morgan fingerprint density at radius 2 is 1.83 bits per heavy atom. The van der Waals surface area contributed by atoms with Gasteiger partial charge in [-0.15, -0.1) is 0 Å². The van der Waals surface area contributed by atoms with Gasteiger partial charge in [0.15, 0.2) is 5.78 Å². The monoisotopic (exact) mass is 408 g/mol. The fourth-order valence-electron chi connectivity index (χ4n) is 3.84. The Labute approximate surface area is 174 Å². The molecule has 1 aromatic heterocycles. The minimum absolute atomic E-state index is 0.241. The molecular formula is C22H24N4O4. The summed E-state index contributed by atoms with van der Waals surface area (Å²) in [7, 11) is 4.86. The summed E-state index contributed by atoms with van der Waals surface area (Å²) in [6.07, 6.45) is 0. The topological polar surface area (TPSA) is 99.7 Å². The highest BCUT2D eigenvalue weighted by Gasteiger charge is 2.51. The van der Waals surface area contributed by atoms with Crippen LogP contribution in [-0.4, -0.2) is 54.3 Å². The van der Waals surface area contributed by atoms with Crippen molar-refractivity contribution in [3.8, 4) is 11.5 Å². The van der Waals surface area contributed by atoms with Crippen LogP contribution in [0.5, 0.6) is 11.5 Å². The van der Waals surface area contributed by atoms with Gasteiger partial charge in [0.25, 0.3) is 0 Å². The number of aliphatic hydroxyl groups excluding tert-OH is 1. The number of anilines is 1. The molecule has 0 saturated carbocycles. The van der Waals surface area contributed by atoms with Gasteiger partial charge in [-0.2, -0.15) is 0 Å². The van der Waals surface area contributed by atoms with Crippen LogP contribution in [0.3, 0.4) is 0 Å². The molecule has 30 heavy (non-hydrogen) atoms. The predicted molar refractivity (Wildman–Crippen MR) is 115 cm³/mol. The van der Waals surface area contributed by atoms with Crippen molar-refractivity contribution < 1.29 is 19.4 Å². The zero-order valence-electron chi connectivity index (χ0n) is 17.3. The van der Waals surface area contributed by atoms with Gasteiger partial charge in [0, 0.05) is 25.2 Å². The Bertz CT molecular complexity index is 1100. The van der Waals surface area contributed by atoms with E-state index < -0.39 is 5.54 Å². The number of imidazole rings is 1. The first-order valence-electron chi connectivity index (χ1n) is 9.53. The number of carbonyl (C=O) groups excluding carboxylic acids is 1. The van der Waals surface area contributed by atoms with E-state index in [4.69, 9.17) is 9.47 Å². The van der Waals surface area contributed by atoms with E-state index in [1.54, 1.807) is 51.3 Å². The second-order valence-corrected chi connectivity index (χ2v) is 7.24. The number of Topliss-reactive ketones (excluding diaryl/α,β-unsaturated/α-hetero) is 1. The number of methoxy groups -OCH3 is 2. The minimum atomic E-state index is -1.23. The number of rotatable bonds is 6. The second-order valence-electron chi connectivity index (χ2n) is 7.24. The predicted octanol–water partition coefficient (Wildman–Crippen LogP) is 2.31. The van der Waals surface area contributed by atoms with Crippen LogP contribution < -0.4 is 19.7 Å². The average Bonchev–Trinajstić information content (AvgIpc) is 3.30. The number of nitrogens with zero attached hydrogens (tertiary/aromatic N) is 2. The van der Waals surface area contributed by atoms with Gasteiger partial charge in [0.2, 0.25) is 0 Å². The lowest BCUT2D eigenvalue weighted by Crippen LogP contribution is -2.51. The van der Waals surface area contributed by atoms with Crippen LogP contribution in [-0.2, 0) is 4.79 Å². The summed E-state index contributed by atoms with van der Waals surface area (Å²) in [5, 5.41) is 13.4. The zero-order chi connectivity index (χ0) is 21.5. The molecule has 3 N–H and O–H groups in total. The number of carbonyl (C=O) groups is 1. The number of aliphatic hydroxyl groups is 1. The molecule has 0 radical (unpaired) electrons. The molecule has 8 nitrogen and oxygen atoms in total. The van der Waals surface area contributed by atoms with Gasteiger partial charge < -0.3 is 29.8 Å². The Balaban J connectivity index is 1.95. The van der Waals surface area contributed by atoms with E-state index in [0.717, 1.165) is 11.0 Å². The number of hydrogen-bond acceptors (Lipinski definition) is 7. The number of H-pyrrole nitrogens is 1. The lowest BCUT2D eigenvalue weighted by atomic mass is 9.94. The van der Waals surface area contributed by atoms with Crippen LogP contribution in [0.4, 0.5) is 5.69 Å². The van der Waals surface area contributed by atoms with E-state index in [0.29, 0.717) is 34.4 Å². The average molecular weight is 408 g/mol. The summed E-state index contributed by atoms with van der Waals surface area (Å²) < 4.78 is 10.8. The minimum Gasteiger partial charge on any atom is -0.497 e. The maximum Gasteiger partial charge on any atom is 0.198 e. The summed E-state index contributed by atoms with van der Waals surface area (Å²) in [5.74, 6) is 1.89. The largest absolute Gasteiger partial charge is 0.497 e. The Morgan fingerprint density at radius 3 is 2.40 bits per heavy atom. The maximum atomic E-state index is 13.6. The summed E-state index contributed by atoms with van der Waals surface area (Å²) in [5.41, 5.74) is 1.38. The highest BCUT2D eigenvalue weighted by molar-refractivity contribution is 6.30. The quantitative estimate of drug-likeness (QED) is 0.576. The molecular weight excluding hydrogens is 384 g/mol. The highest BCUT2D eigenvalue weighted by atomic mass is 16.5. The number of benzene rings is 2. The number of hydrogen-bond donors (Lipinski definition) is 3. The molecule has 1 aliphatic rings. The number of ketones is 1. The van der Waals surface area contributed by atoms with Crippen molar-refractivity contribution in [3.63, 3.8) is 0 Å². The first-order valence-corrected chi connectivity index (χ1v) is 9.53. The third-order valence-corrected chi connectivity index (χ3v) is 5.44. The van der Waals surface area contributed by atoms with E-state index in [-0.39, 0.29) is 12.4 Å². The van der Waals surface area contributed by atoms with Crippen LogP contribution >= 0.6 is 0 Å². The SMILES string of the molecule is CNC1=C(c2nc3ccccc3[nH]2)C(=O)[C@@](C)(CO)N1c1cc(OC)cc(OC)c1. The summed E-state index contributed by atoms with van der Waals surface area (Å²) in [4.78, 5) is 23.2. The van der Waals surface area contributed by atoms with Crippen molar-refractivity contribution in [1.29, 1.82) is 0 Å².